The average molecular weight is 458 g/mol. The van der Waals surface area contributed by atoms with E-state index in [1.165, 1.54) is 6.07 Å². The van der Waals surface area contributed by atoms with Gasteiger partial charge in [0.15, 0.2) is 0 Å². The second kappa shape index (κ2) is 7.75. The van der Waals surface area contributed by atoms with Crippen molar-refractivity contribution in [2.45, 2.75) is 44.4 Å². The van der Waals surface area contributed by atoms with Crippen LogP contribution in [0, 0.1) is 12.7 Å². The van der Waals surface area contributed by atoms with Crippen LogP contribution in [0.4, 0.5) is 4.39 Å². The highest BCUT2D eigenvalue weighted by Gasteiger charge is 2.54. The number of nitrogens with one attached hydrogen (secondary N) is 2. The van der Waals surface area contributed by atoms with Gasteiger partial charge < -0.3 is 9.87 Å². The summed E-state index contributed by atoms with van der Waals surface area (Å²) >= 11 is 0. The molecule has 7 nitrogen and oxygen atoms in total. The maximum atomic E-state index is 15.0. The molecule has 1 fully saturated rings. The highest BCUT2D eigenvalue weighted by molar-refractivity contribution is 8.29. The van der Waals surface area contributed by atoms with Crippen molar-refractivity contribution in [3.05, 3.63) is 65.0 Å². The standard InChI is InChI=1S/C23H28FN5O2S/c1-14-12-27-20-18(28-14)8-9-26-19(20)11-15-6-7-17(24)16(10-15)23(4)13-32(31,25-5)22(2,3)21(30)29-23/h6-10,12,25,31H,11,13H2,1-5H3,(H,29,30)/t23-/m0/s1. The number of amides is 1. The molecule has 1 unspecified atom stereocenters. The lowest BCUT2D eigenvalue weighted by Gasteiger charge is -2.55. The Balaban J connectivity index is 1.73. The molecule has 1 saturated heterocycles. The van der Waals surface area contributed by atoms with Crippen molar-refractivity contribution in [2.24, 2.45) is 0 Å². The quantitative estimate of drug-likeness (QED) is 0.554. The topological polar surface area (TPSA) is 100 Å². The summed E-state index contributed by atoms with van der Waals surface area (Å²) in [6.07, 6.45) is 3.82. The van der Waals surface area contributed by atoms with Gasteiger partial charge in [-0.2, -0.15) is 0 Å². The number of carbonyl (C=O) groups is 1. The van der Waals surface area contributed by atoms with Crippen LogP contribution in [0.15, 0.2) is 36.7 Å². The molecule has 1 amide bonds. The summed E-state index contributed by atoms with van der Waals surface area (Å²) in [5.74, 6) is -0.563. The number of rotatable bonds is 4. The molecule has 1 aliphatic heterocycles. The molecule has 32 heavy (non-hydrogen) atoms. The molecular formula is C23H28FN5O2S. The second-order valence-electron chi connectivity index (χ2n) is 8.98. The molecule has 2 atom stereocenters. The zero-order chi connectivity index (χ0) is 23.3. The first-order valence-electron chi connectivity index (χ1n) is 10.4. The number of hydrogen-bond acceptors (Lipinski definition) is 6. The van der Waals surface area contributed by atoms with Crippen molar-refractivity contribution in [3.63, 3.8) is 0 Å². The van der Waals surface area contributed by atoms with Gasteiger partial charge in [0, 0.05) is 30.1 Å². The molecule has 9 heteroatoms. The average Bonchev–Trinajstić information content (AvgIpc) is 2.73. The van der Waals surface area contributed by atoms with Crippen LogP contribution in [0.1, 0.15) is 43.3 Å². The van der Waals surface area contributed by atoms with Crippen molar-refractivity contribution in [1.82, 2.24) is 25.0 Å². The fraction of sp³-hybridized carbons (Fsp3) is 0.391. The molecule has 170 valence electrons. The van der Waals surface area contributed by atoms with E-state index < -0.39 is 26.6 Å². The van der Waals surface area contributed by atoms with E-state index in [0.29, 0.717) is 17.5 Å². The first kappa shape index (κ1) is 22.6. The van der Waals surface area contributed by atoms with E-state index in [0.717, 1.165) is 22.5 Å². The lowest BCUT2D eigenvalue weighted by molar-refractivity contribution is -0.125. The van der Waals surface area contributed by atoms with E-state index in [-0.39, 0.29) is 11.7 Å². The van der Waals surface area contributed by atoms with Crippen LogP contribution >= 0.6 is 10.5 Å². The number of benzene rings is 1. The SMILES string of the molecule is CNS1(O)C[C@@](C)(c2cc(Cc3nccc4nc(C)cnc34)ccc2F)NC(=O)C1(C)C. The van der Waals surface area contributed by atoms with Crippen LogP contribution in [-0.2, 0) is 16.8 Å². The third-order valence-corrected chi connectivity index (χ3v) is 9.81. The predicted molar refractivity (Wildman–Crippen MR) is 125 cm³/mol. The minimum Gasteiger partial charge on any atom is -0.345 e. The summed E-state index contributed by atoms with van der Waals surface area (Å²) in [5.41, 5.74) is 3.12. The molecule has 2 aromatic heterocycles. The molecule has 1 aromatic carbocycles. The molecule has 3 aromatic rings. The van der Waals surface area contributed by atoms with Crippen molar-refractivity contribution < 1.29 is 13.7 Å². The number of halogens is 1. The predicted octanol–water partition coefficient (Wildman–Crippen LogP) is 3.60. The monoisotopic (exact) mass is 457 g/mol. The number of pyridine rings is 1. The summed E-state index contributed by atoms with van der Waals surface area (Å²) < 4.78 is 28.3. The van der Waals surface area contributed by atoms with Crippen molar-refractivity contribution in [3.8, 4) is 0 Å². The second-order valence-corrected chi connectivity index (χ2v) is 12.1. The van der Waals surface area contributed by atoms with Crippen molar-refractivity contribution in [2.75, 3.05) is 12.8 Å². The van der Waals surface area contributed by atoms with Crippen LogP contribution in [0.2, 0.25) is 0 Å². The lowest BCUT2D eigenvalue weighted by atomic mass is 9.90. The van der Waals surface area contributed by atoms with E-state index in [9.17, 15) is 9.35 Å². The molecule has 0 aliphatic carbocycles. The Kier molecular flexibility index (Phi) is 5.47. The maximum absolute atomic E-state index is 15.0. The van der Waals surface area contributed by atoms with Gasteiger partial charge in [-0.25, -0.2) is 9.37 Å². The zero-order valence-electron chi connectivity index (χ0n) is 18.9. The minimum absolute atomic E-state index is 0.187. The first-order chi connectivity index (χ1) is 15.0. The molecule has 0 saturated carbocycles. The van der Waals surface area contributed by atoms with Gasteiger partial charge in [0.2, 0.25) is 5.91 Å². The number of nitrogens with zero attached hydrogens (tertiary/aromatic N) is 3. The van der Waals surface area contributed by atoms with E-state index in [1.54, 1.807) is 52.3 Å². The van der Waals surface area contributed by atoms with Gasteiger partial charge in [0.1, 0.15) is 16.1 Å². The Morgan fingerprint density at radius 2 is 2.00 bits per heavy atom. The number of carbonyl (C=O) groups excluding carboxylic acids is 1. The highest BCUT2D eigenvalue weighted by Crippen LogP contribution is 2.58. The van der Waals surface area contributed by atoms with Gasteiger partial charge in [-0.15, -0.1) is 0 Å². The minimum atomic E-state index is -2.54. The molecule has 0 spiro atoms. The Morgan fingerprint density at radius 1 is 1.25 bits per heavy atom. The van der Waals surface area contributed by atoms with Crippen molar-refractivity contribution in [1.29, 1.82) is 0 Å². The van der Waals surface area contributed by atoms with E-state index in [4.69, 9.17) is 0 Å². The first-order valence-corrected chi connectivity index (χ1v) is 12.2. The Labute approximate surface area is 188 Å². The fourth-order valence-electron chi connectivity index (χ4n) is 4.18. The van der Waals surface area contributed by atoms with Crippen LogP contribution < -0.4 is 10.0 Å². The van der Waals surface area contributed by atoms with Crippen LogP contribution in [0.25, 0.3) is 11.0 Å². The van der Waals surface area contributed by atoms with Gasteiger partial charge in [-0.1, -0.05) is 22.6 Å². The summed E-state index contributed by atoms with van der Waals surface area (Å²) in [7, 11) is -0.905. The molecule has 4 rings (SSSR count). The summed E-state index contributed by atoms with van der Waals surface area (Å²) in [4.78, 5) is 26.4. The summed E-state index contributed by atoms with van der Waals surface area (Å²) in [6.45, 7) is 7.04. The van der Waals surface area contributed by atoms with Gasteiger partial charge in [0.05, 0.1) is 22.4 Å². The van der Waals surface area contributed by atoms with Gasteiger partial charge in [-0.05, 0) is 52.4 Å². The third kappa shape index (κ3) is 3.64. The summed E-state index contributed by atoms with van der Waals surface area (Å²) in [5, 5.41) is 2.96. The number of hydrogen-bond donors (Lipinski definition) is 3. The molecular weight excluding hydrogens is 429 g/mol. The summed E-state index contributed by atoms with van der Waals surface area (Å²) in [6, 6.07) is 6.66. The molecule has 3 N–H and O–H groups in total. The number of aryl methyl sites for hydroxylation is 1. The number of aromatic nitrogens is 3. The van der Waals surface area contributed by atoms with Crippen LogP contribution in [0.3, 0.4) is 0 Å². The van der Waals surface area contributed by atoms with Crippen LogP contribution in [-0.4, -0.2) is 43.0 Å². The van der Waals surface area contributed by atoms with Crippen LogP contribution in [0.5, 0.6) is 0 Å². The smallest absolute Gasteiger partial charge is 0.238 e. The van der Waals surface area contributed by atoms with E-state index in [1.807, 2.05) is 13.0 Å². The Morgan fingerprint density at radius 3 is 2.72 bits per heavy atom. The lowest BCUT2D eigenvalue weighted by Crippen LogP contribution is -2.64. The Bertz CT molecular complexity index is 1220. The molecule has 1 aliphatic rings. The van der Waals surface area contributed by atoms with Gasteiger partial charge >= 0.3 is 0 Å². The number of fused-ring (bicyclic) bond motifs is 1. The van der Waals surface area contributed by atoms with Crippen molar-refractivity contribution >= 4 is 27.4 Å². The maximum Gasteiger partial charge on any atom is 0.238 e. The molecule has 0 bridgehead atoms. The fourth-order valence-corrected chi connectivity index (χ4v) is 6.62. The van der Waals surface area contributed by atoms with E-state index >= 15 is 4.39 Å². The van der Waals surface area contributed by atoms with Gasteiger partial charge in [-0.3, -0.25) is 19.5 Å². The Hall–Kier alpha value is -2.62. The normalized spacial score (nSPS) is 27.0. The molecule has 0 radical (unpaired) electrons. The third-order valence-electron chi connectivity index (χ3n) is 6.27. The highest BCUT2D eigenvalue weighted by atomic mass is 32.3. The largest absolute Gasteiger partial charge is 0.345 e. The van der Waals surface area contributed by atoms with Gasteiger partial charge in [0.25, 0.3) is 0 Å². The zero-order valence-corrected chi connectivity index (χ0v) is 19.7. The van der Waals surface area contributed by atoms with E-state index in [2.05, 4.69) is 25.0 Å². The molecule has 3 heterocycles.